The van der Waals surface area contributed by atoms with Gasteiger partial charge in [0.25, 0.3) is 0 Å². The second kappa shape index (κ2) is 7.44. The number of hydrogen-bond donors (Lipinski definition) is 0. The number of ether oxygens (including phenoxy) is 1. The van der Waals surface area contributed by atoms with Crippen LogP contribution in [0.4, 0.5) is 0 Å². The molecule has 0 saturated heterocycles. The lowest BCUT2D eigenvalue weighted by Gasteiger charge is -2.61. The zero-order valence-electron chi connectivity index (χ0n) is 22.9. The van der Waals surface area contributed by atoms with Crippen LogP contribution in [0.15, 0.2) is 11.6 Å². The Balaban J connectivity index is 1.51. The molecule has 0 aliphatic heterocycles. The van der Waals surface area contributed by atoms with Crippen LogP contribution in [-0.2, 0) is 9.53 Å². The standard InChI is InChI=1S/C31H50O2/c1-27(2)23-13-16-29(5)19-20-9-11-22-28(3,4)26(33-8)15-18-30(22,6)21(20)10-12-24(29)31(23,7)17-14-25(27)32/h19,21-24,26H,9-18H2,1-8H3/t21-,22-,23-,24-,26-,29-,30+,31-/m0/s1. The third-order valence-corrected chi connectivity index (χ3v) is 12.8. The Labute approximate surface area is 203 Å². The summed E-state index contributed by atoms with van der Waals surface area (Å²) in [5.74, 6) is 3.24. The minimum absolute atomic E-state index is 0.153. The summed E-state index contributed by atoms with van der Waals surface area (Å²) in [5, 5.41) is 0. The van der Waals surface area contributed by atoms with Gasteiger partial charge in [0, 0.05) is 18.9 Å². The highest BCUT2D eigenvalue weighted by Gasteiger charge is 2.62. The molecular formula is C31H50O2. The number of allylic oxidation sites excluding steroid dienone is 2. The maximum Gasteiger partial charge on any atom is 0.138 e. The van der Waals surface area contributed by atoms with E-state index in [1.54, 1.807) is 5.57 Å². The minimum Gasteiger partial charge on any atom is -0.381 e. The van der Waals surface area contributed by atoms with Crippen LogP contribution >= 0.6 is 0 Å². The Kier molecular flexibility index (Phi) is 5.43. The quantitative estimate of drug-likeness (QED) is 0.375. The molecule has 5 aliphatic carbocycles. The van der Waals surface area contributed by atoms with Gasteiger partial charge in [-0.2, -0.15) is 0 Å². The molecule has 33 heavy (non-hydrogen) atoms. The van der Waals surface area contributed by atoms with Crippen LogP contribution in [0, 0.1) is 50.7 Å². The Bertz CT molecular complexity index is 851. The van der Waals surface area contributed by atoms with Crippen molar-refractivity contribution in [1.29, 1.82) is 0 Å². The lowest BCUT2D eigenvalue weighted by molar-refractivity contribution is -0.156. The minimum atomic E-state index is -0.153. The lowest BCUT2D eigenvalue weighted by Crippen LogP contribution is -2.57. The van der Waals surface area contributed by atoms with E-state index in [0.717, 1.165) is 24.7 Å². The molecule has 5 rings (SSSR count). The Morgan fingerprint density at radius 2 is 1.48 bits per heavy atom. The summed E-state index contributed by atoms with van der Waals surface area (Å²) in [4.78, 5) is 12.9. The summed E-state index contributed by atoms with van der Waals surface area (Å²) in [6.07, 6.45) is 15.4. The van der Waals surface area contributed by atoms with Crippen molar-refractivity contribution >= 4 is 5.78 Å². The summed E-state index contributed by atoms with van der Waals surface area (Å²) < 4.78 is 6.01. The van der Waals surface area contributed by atoms with Crippen molar-refractivity contribution in [2.24, 2.45) is 50.7 Å². The van der Waals surface area contributed by atoms with Crippen LogP contribution in [0.5, 0.6) is 0 Å². The van der Waals surface area contributed by atoms with Crippen LogP contribution in [0.2, 0.25) is 0 Å². The van der Waals surface area contributed by atoms with Crippen LogP contribution in [0.1, 0.15) is 113 Å². The Morgan fingerprint density at radius 1 is 0.758 bits per heavy atom. The number of Topliss-reactive ketones (excluding diaryl/α,β-unsaturated/α-hetero) is 1. The van der Waals surface area contributed by atoms with E-state index < -0.39 is 0 Å². The molecule has 2 heteroatoms. The van der Waals surface area contributed by atoms with E-state index in [1.165, 1.54) is 51.4 Å². The van der Waals surface area contributed by atoms with Gasteiger partial charge in [0.1, 0.15) is 5.78 Å². The Hall–Kier alpha value is -0.630. The molecule has 0 spiro atoms. The summed E-state index contributed by atoms with van der Waals surface area (Å²) in [7, 11) is 1.92. The maximum atomic E-state index is 12.9. The van der Waals surface area contributed by atoms with Gasteiger partial charge in [0.15, 0.2) is 0 Å². The van der Waals surface area contributed by atoms with Gasteiger partial charge in [-0.3, -0.25) is 4.79 Å². The fourth-order valence-corrected chi connectivity index (χ4v) is 11.2. The van der Waals surface area contributed by atoms with Gasteiger partial charge in [-0.25, -0.2) is 0 Å². The smallest absolute Gasteiger partial charge is 0.138 e. The molecule has 0 aromatic rings. The lowest BCUT2D eigenvalue weighted by atomic mass is 9.42. The first kappa shape index (κ1) is 24.1. The van der Waals surface area contributed by atoms with Gasteiger partial charge in [0.2, 0.25) is 0 Å². The molecule has 0 bridgehead atoms. The number of ketones is 1. The molecule has 0 N–H and O–H groups in total. The molecule has 0 amide bonds. The monoisotopic (exact) mass is 454 g/mol. The number of carbonyl (C=O) groups is 1. The van der Waals surface area contributed by atoms with E-state index in [2.05, 4.69) is 54.5 Å². The molecular weight excluding hydrogens is 404 g/mol. The number of fused-ring (bicyclic) bond motifs is 6. The van der Waals surface area contributed by atoms with Crippen LogP contribution in [0.3, 0.4) is 0 Å². The zero-order valence-corrected chi connectivity index (χ0v) is 22.9. The topological polar surface area (TPSA) is 26.3 Å². The molecule has 5 aliphatic rings. The number of hydrogen-bond acceptors (Lipinski definition) is 2. The van der Waals surface area contributed by atoms with Crippen molar-refractivity contribution in [1.82, 2.24) is 0 Å². The van der Waals surface area contributed by atoms with E-state index in [1.807, 2.05) is 7.11 Å². The SMILES string of the molecule is CO[C@H]1CC[C@]2(C)[C@H]3CC[C@@H]4[C@@]5(C)CCC(=O)C(C)(C)[C@@H]5CC[C@@]4(C)C=C3CC[C@H]2C1(C)C. The van der Waals surface area contributed by atoms with Crippen molar-refractivity contribution in [3.05, 3.63) is 11.6 Å². The Morgan fingerprint density at radius 3 is 2.18 bits per heavy atom. The van der Waals surface area contributed by atoms with Gasteiger partial charge in [-0.1, -0.05) is 60.1 Å². The van der Waals surface area contributed by atoms with Crippen molar-refractivity contribution in [2.45, 2.75) is 119 Å². The zero-order chi connectivity index (χ0) is 24.0. The average molecular weight is 455 g/mol. The second-order valence-corrected chi connectivity index (χ2v) is 14.8. The third-order valence-electron chi connectivity index (χ3n) is 12.8. The van der Waals surface area contributed by atoms with E-state index in [0.29, 0.717) is 40.0 Å². The van der Waals surface area contributed by atoms with Crippen molar-refractivity contribution in [3.8, 4) is 0 Å². The molecule has 8 atom stereocenters. The first-order chi connectivity index (χ1) is 15.3. The fourth-order valence-electron chi connectivity index (χ4n) is 11.2. The normalized spacial score (nSPS) is 50.7. The number of methoxy groups -OCH3 is 1. The first-order valence-corrected chi connectivity index (χ1v) is 14.1. The summed E-state index contributed by atoms with van der Waals surface area (Å²) in [6, 6.07) is 0. The second-order valence-electron chi connectivity index (χ2n) is 14.8. The van der Waals surface area contributed by atoms with Crippen molar-refractivity contribution in [2.75, 3.05) is 7.11 Å². The molecule has 0 radical (unpaired) electrons. The molecule has 2 nitrogen and oxygen atoms in total. The largest absolute Gasteiger partial charge is 0.381 e. The molecule has 0 unspecified atom stereocenters. The molecule has 186 valence electrons. The van der Waals surface area contributed by atoms with Gasteiger partial charge < -0.3 is 4.74 Å². The van der Waals surface area contributed by atoms with Gasteiger partial charge in [0.05, 0.1) is 6.10 Å². The highest BCUT2D eigenvalue weighted by Crippen LogP contribution is 2.69. The van der Waals surface area contributed by atoms with Crippen molar-refractivity contribution < 1.29 is 9.53 Å². The molecule has 4 fully saturated rings. The van der Waals surface area contributed by atoms with Gasteiger partial charge >= 0.3 is 0 Å². The maximum absolute atomic E-state index is 12.9. The van der Waals surface area contributed by atoms with Crippen molar-refractivity contribution in [3.63, 3.8) is 0 Å². The molecule has 0 aromatic heterocycles. The van der Waals surface area contributed by atoms with Crippen LogP contribution in [0.25, 0.3) is 0 Å². The van der Waals surface area contributed by atoms with Gasteiger partial charge in [-0.15, -0.1) is 0 Å². The summed E-state index contributed by atoms with van der Waals surface area (Å²) in [6.45, 7) is 17.3. The molecule has 0 heterocycles. The number of carbonyl (C=O) groups excluding carboxylic acids is 1. The average Bonchev–Trinajstić information content (AvgIpc) is 2.88. The fraction of sp³-hybridized carbons (Fsp3) is 0.903. The number of rotatable bonds is 1. The van der Waals surface area contributed by atoms with Crippen LogP contribution in [-0.4, -0.2) is 19.0 Å². The molecule has 0 aromatic carbocycles. The predicted molar refractivity (Wildman–Crippen MR) is 136 cm³/mol. The van der Waals surface area contributed by atoms with E-state index >= 15 is 0 Å². The highest BCUT2D eigenvalue weighted by molar-refractivity contribution is 5.85. The molecule has 4 saturated carbocycles. The van der Waals surface area contributed by atoms with E-state index in [-0.39, 0.29) is 10.8 Å². The van der Waals surface area contributed by atoms with Crippen LogP contribution < -0.4 is 0 Å². The summed E-state index contributed by atoms with van der Waals surface area (Å²) >= 11 is 0. The van der Waals surface area contributed by atoms with E-state index in [9.17, 15) is 4.79 Å². The van der Waals surface area contributed by atoms with E-state index in [4.69, 9.17) is 4.74 Å². The summed E-state index contributed by atoms with van der Waals surface area (Å²) in [5.41, 5.74) is 2.89. The third kappa shape index (κ3) is 3.17. The predicted octanol–water partition coefficient (Wildman–Crippen LogP) is 8.00. The highest BCUT2D eigenvalue weighted by atomic mass is 16.5. The van der Waals surface area contributed by atoms with Gasteiger partial charge in [-0.05, 0) is 103 Å². The first-order valence-electron chi connectivity index (χ1n) is 14.1.